The van der Waals surface area contributed by atoms with Gasteiger partial charge in [-0.05, 0) is 13.1 Å². The molecule has 9 heavy (non-hydrogen) atoms. The van der Waals surface area contributed by atoms with E-state index in [0.29, 0.717) is 0 Å². The first-order valence-electron chi connectivity index (χ1n) is 2.69. The van der Waals surface area contributed by atoms with E-state index < -0.39 is 11.3 Å². The SMILES string of the molecule is CCNCC.NS(=O)[O-]. The van der Waals surface area contributed by atoms with E-state index in [0.717, 1.165) is 13.1 Å². The fourth-order valence-electron chi connectivity index (χ4n) is 0.250. The van der Waals surface area contributed by atoms with Gasteiger partial charge in [0, 0.05) is 11.3 Å². The van der Waals surface area contributed by atoms with Crippen molar-refractivity contribution < 1.29 is 8.76 Å². The molecule has 0 aromatic rings. The van der Waals surface area contributed by atoms with Gasteiger partial charge in [-0.1, -0.05) is 13.8 Å². The second-order valence-electron chi connectivity index (χ2n) is 1.22. The average molecular weight is 153 g/mol. The highest BCUT2D eigenvalue weighted by atomic mass is 32.2. The van der Waals surface area contributed by atoms with Crippen LogP contribution in [-0.2, 0) is 11.3 Å². The molecule has 0 aliphatic carbocycles. The number of hydrogen-bond acceptors (Lipinski definition) is 3. The Balaban J connectivity index is 0. The van der Waals surface area contributed by atoms with Crippen LogP contribution in [0.5, 0.6) is 0 Å². The lowest BCUT2D eigenvalue weighted by Crippen LogP contribution is -2.09. The van der Waals surface area contributed by atoms with Crippen molar-refractivity contribution in [3.05, 3.63) is 0 Å². The maximum atomic E-state index is 8.78. The normalized spacial score (nSPS) is 11.6. The second-order valence-corrected chi connectivity index (χ2v) is 1.74. The standard InChI is InChI=1S/C4H11N.H3NO2S/c1-3-5-4-2;1-4(2)3/h5H,3-4H2,1-2H3;1H2,(H,2,3)/p-1. The Morgan fingerprint density at radius 2 is 1.78 bits per heavy atom. The number of hydrogen-bond donors (Lipinski definition) is 2. The molecule has 1 atom stereocenters. The minimum atomic E-state index is -2.36. The molecule has 0 fully saturated rings. The second kappa shape index (κ2) is 10.9. The maximum absolute atomic E-state index is 8.78. The molecule has 0 spiro atoms. The van der Waals surface area contributed by atoms with Gasteiger partial charge in [-0.3, -0.25) is 9.35 Å². The highest BCUT2D eigenvalue weighted by Crippen LogP contribution is 1.47. The molecule has 0 aliphatic rings. The molecule has 0 saturated carbocycles. The van der Waals surface area contributed by atoms with Crippen molar-refractivity contribution in [2.75, 3.05) is 13.1 Å². The molecule has 0 aromatic carbocycles. The molecule has 58 valence electrons. The lowest BCUT2D eigenvalue weighted by atomic mass is 10.7. The van der Waals surface area contributed by atoms with Gasteiger partial charge in [0.15, 0.2) is 0 Å². The van der Waals surface area contributed by atoms with Crippen molar-refractivity contribution in [2.24, 2.45) is 5.14 Å². The fraction of sp³-hybridized carbons (Fsp3) is 1.00. The predicted octanol–water partition coefficient (Wildman–Crippen LogP) is -0.645. The first-order chi connectivity index (χ1) is 4.15. The molecule has 0 rings (SSSR count). The molecule has 5 heteroatoms. The van der Waals surface area contributed by atoms with Crippen LogP contribution >= 0.6 is 0 Å². The third-order valence-electron chi connectivity index (χ3n) is 0.500. The van der Waals surface area contributed by atoms with Gasteiger partial charge in [0.05, 0.1) is 0 Å². The van der Waals surface area contributed by atoms with Gasteiger partial charge in [-0.25, -0.2) is 0 Å². The van der Waals surface area contributed by atoms with Crippen molar-refractivity contribution in [3.8, 4) is 0 Å². The van der Waals surface area contributed by atoms with Crippen LogP contribution in [0.1, 0.15) is 13.8 Å². The monoisotopic (exact) mass is 153 g/mol. The predicted molar refractivity (Wildman–Crippen MR) is 37.3 cm³/mol. The zero-order chi connectivity index (χ0) is 7.70. The Bertz CT molecular complexity index is 63.6. The molecule has 0 aliphatic heterocycles. The third kappa shape index (κ3) is 70.9. The lowest BCUT2D eigenvalue weighted by Gasteiger charge is -1.86. The van der Waals surface area contributed by atoms with E-state index in [1.165, 1.54) is 0 Å². The van der Waals surface area contributed by atoms with Crippen LogP contribution in [0.25, 0.3) is 0 Å². The Kier molecular flexibility index (Phi) is 14.3. The molecule has 0 bridgehead atoms. The van der Waals surface area contributed by atoms with E-state index in [-0.39, 0.29) is 0 Å². The summed E-state index contributed by atoms with van der Waals surface area (Å²) in [5.74, 6) is 0. The molecule has 1 unspecified atom stereocenters. The molecule has 0 radical (unpaired) electrons. The quantitative estimate of drug-likeness (QED) is 0.518. The molecule has 3 N–H and O–H groups in total. The Hall–Kier alpha value is 0.0300. The molecular formula is C4H13N2O2S-. The zero-order valence-corrected chi connectivity index (χ0v) is 6.53. The topological polar surface area (TPSA) is 78.2 Å². The van der Waals surface area contributed by atoms with Gasteiger partial charge in [0.25, 0.3) is 0 Å². The Labute approximate surface area is 58.2 Å². The Morgan fingerprint density at radius 1 is 1.56 bits per heavy atom. The molecule has 0 amide bonds. The summed E-state index contributed by atoms with van der Waals surface area (Å²) >= 11 is -2.36. The lowest BCUT2D eigenvalue weighted by molar-refractivity contribution is 0.539. The van der Waals surface area contributed by atoms with Crippen molar-refractivity contribution in [1.29, 1.82) is 0 Å². The summed E-state index contributed by atoms with van der Waals surface area (Å²) in [6, 6.07) is 0. The minimum absolute atomic E-state index is 1.09. The third-order valence-corrected chi connectivity index (χ3v) is 0.500. The van der Waals surface area contributed by atoms with Gasteiger partial charge in [0.1, 0.15) is 0 Å². The molecule has 0 heterocycles. The highest BCUT2D eigenvalue weighted by molar-refractivity contribution is 7.76. The molecule has 4 nitrogen and oxygen atoms in total. The number of rotatable bonds is 2. The van der Waals surface area contributed by atoms with Crippen molar-refractivity contribution >= 4 is 11.3 Å². The van der Waals surface area contributed by atoms with Gasteiger partial charge >= 0.3 is 0 Å². The summed E-state index contributed by atoms with van der Waals surface area (Å²) in [5.41, 5.74) is 0. The van der Waals surface area contributed by atoms with Crippen LogP contribution in [0.2, 0.25) is 0 Å². The summed E-state index contributed by atoms with van der Waals surface area (Å²) in [7, 11) is 0. The van der Waals surface area contributed by atoms with Crippen LogP contribution in [0.15, 0.2) is 0 Å². The van der Waals surface area contributed by atoms with Crippen LogP contribution < -0.4 is 10.5 Å². The van der Waals surface area contributed by atoms with Crippen molar-refractivity contribution in [3.63, 3.8) is 0 Å². The first-order valence-corrected chi connectivity index (χ1v) is 3.83. The fourth-order valence-corrected chi connectivity index (χ4v) is 0.250. The Morgan fingerprint density at radius 3 is 1.78 bits per heavy atom. The average Bonchev–Trinajstić information content (AvgIpc) is 1.66. The van der Waals surface area contributed by atoms with Crippen molar-refractivity contribution in [1.82, 2.24) is 5.32 Å². The summed E-state index contributed by atoms with van der Waals surface area (Å²) in [4.78, 5) is 0. The van der Waals surface area contributed by atoms with Gasteiger partial charge in [-0.2, -0.15) is 0 Å². The van der Waals surface area contributed by atoms with E-state index >= 15 is 0 Å². The van der Waals surface area contributed by atoms with E-state index in [4.69, 9.17) is 8.76 Å². The highest BCUT2D eigenvalue weighted by Gasteiger charge is 1.62. The molecular weight excluding hydrogens is 140 g/mol. The summed E-state index contributed by atoms with van der Waals surface area (Å²) < 4.78 is 17.6. The smallest absolute Gasteiger partial charge is 0.0152 e. The zero-order valence-electron chi connectivity index (χ0n) is 5.72. The van der Waals surface area contributed by atoms with Crippen LogP contribution in [0, 0.1) is 0 Å². The van der Waals surface area contributed by atoms with Crippen molar-refractivity contribution in [2.45, 2.75) is 13.8 Å². The van der Waals surface area contributed by atoms with Crippen LogP contribution in [0.3, 0.4) is 0 Å². The summed E-state index contributed by atoms with van der Waals surface area (Å²) in [6.07, 6.45) is 0. The van der Waals surface area contributed by atoms with Gasteiger partial charge < -0.3 is 9.87 Å². The minimum Gasteiger partial charge on any atom is -0.760 e. The maximum Gasteiger partial charge on any atom is 0.0152 e. The van der Waals surface area contributed by atoms with E-state index in [2.05, 4.69) is 24.3 Å². The van der Waals surface area contributed by atoms with Crippen LogP contribution in [0.4, 0.5) is 0 Å². The molecule has 0 aromatic heterocycles. The van der Waals surface area contributed by atoms with E-state index in [1.54, 1.807) is 0 Å². The first kappa shape index (κ1) is 11.8. The van der Waals surface area contributed by atoms with E-state index in [1.807, 2.05) is 0 Å². The number of nitrogens with one attached hydrogen (secondary N) is 1. The number of nitrogens with two attached hydrogens (primary N) is 1. The van der Waals surface area contributed by atoms with Gasteiger partial charge in [-0.15, -0.1) is 0 Å². The summed E-state index contributed by atoms with van der Waals surface area (Å²) in [6.45, 7) is 6.39. The van der Waals surface area contributed by atoms with E-state index in [9.17, 15) is 0 Å². The largest absolute Gasteiger partial charge is 0.760 e. The van der Waals surface area contributed by atoms with Gasteiger partial charge in [0.2, 0.25) is 0 Å². The van der Waals surface area contributed by atoms with Crippen LogP contribution in [-0.4, -0.2) is 21.9 Å². The summed E-state index contributed by atoms with van der Waals surface area (Å²) in [5, 5.41) is 7.14. The molecule has 0 saturated heterocycles.